The number of halogens is 3. The summed E-state index contributed by atoms with van der Waals surface area (Å²) in [7, 11) is 0. The van der Waals surface area contributed by atoms with Gasteiger partial charge >= 0.3 is 6.18 Å². The normalized spacial score (nSPS) is 17.9. The minimum atomic E-state index is -4.56. The highest BCUT2D eigenvalue weighted by atomic mass is 19.4. The molecule has 6 rings (SSSR count). The van der Waals surface area contributed by atoms with E-state index >= 15 is 0 Å². The number of aromatic amines is 1. The molecule has 3 N–H and O–H groups in total. The maximum absolute atomic E-state index is 13.4. The Hall–Kier alpha value is -3.55. The van der Waals surface area contributed by atoms with Gasteiger partial charge in [0.2, 0.25) is 5.88 Å². The molecule has 211 valence electrons. The summed E-state index contributed by atoms with van der Waals surface area (Å²) in [4.78, 5) is 17.9. The van der Waals surface area contributed by atoms with Gasteiger partial charge in [-0.05, 0) is 43.4 Å². The number of ether oxygens (including phenoxy) is 1. The lowest BCUT2D eigenvalue weighted by Gasteiger charge is -2.45. The third kappa shape index (κ3) is 5.67. The molecule has 10 nitrogen and oxygen atoms in total. The predicted molar refractivity (Wildman–Crippen MR) is 140 cm³/mol. The number of rotatable bonds is 9. The summed E-state index contributed by atoms with van der Waals surface area (Å²) in [6, 6.07) is 6.17. The maximum atomic E-state index is 13.4. The topological polar surface area (TPSA) is 117 Å². The van der Waals surface area contributed by atoms with Crippen molar-refractivity contribution in [3.05, 3.63) is 60.4 Å². The van der Waals surface area contributed by atoms with Crippen molar-refractivity contribution < 1.29 is 23.0 Å². The molecule has 40 heavy (non-hydrogen) atoms. The van der Waals surface area contributed by atoms with Gasteiger partial charge in [0.1, 0.15) is 23.8 Å². The molecule has 4 aromatic heterocycles. The quantitative estimate of drug-likeness (QED) is 0.269. The number of piperidine rings is 1. The van der Waals surface area contributed by atoms with Gasteiger partial charge < -0.3 is 20.1 Å². The number of fused-ring (bicyclic) bond motifs is 1. The Morgan fingerprint density at radius 1 is 1.15 bits per heavy atom. The first-order valence-corrected chi connectivity index (χ1v) is 13.4. The van der Waals surface area contributed by atoms with Crippen molar-refractivity contribution in [3.63, 3.8) is 0 Å². The molecule has 1 aliphatic carbocycles. The van der Waals surface area contributed by atoms with E-state index in [0.29, 0.717) is 31.0 Å². The summed E-state index contributed by atoms with van der Waals surface area (Å²) in [6.07, 6.45) is 5.73. The fraction of sp³-hybridized carbons (Fsp3) is 0.444. The van der Waals surface area contributed by atoms with Crippen LogP contribution in [0.2, 0.25) is 0 Å². The molecular weight excluding hydrogens is 525 g/mol. The summed E-state index contributed by atoms with van der Waals surface area (Å²) in [5.74, 6) is -0.0107. The van der Waals surface area contributed by atoms with E-state index in [2.05, 4.69) is 35.3 Å². The monoisotopic (exact) mass is 555 g/mol. The third-order valence-corrected chi connectivity index (χ3v) is 7.53. The molecule has 0 bridgehead atoms. The molecule has 1 radical (unpaired) electrons. The second-order valence-electron chi connectivity index (χ2n) is 10.2. The van der Waals surface area contributed by atoms with Crippen molar-refractivity contribution >= 4 is 11.0 Å². The fourth-order valence-corrected chi connectivity index (χ4v) is 5.36. The molecule has 0 spiro atoms. The fourth-order valence-electron chi connectivity index (χ4n) is 5.36. The Morgan fingerprint density at radius 2 is 1.98 bits per heavy atom. The van der Waals surface area contributed by atoms with Gasteiger partial charge in [-0.25, -0.2) is 15.0 Å². The predicted octanol–water partition coefficient (Wildman–Crippen LogP) is 3.40. The molecule has 5 heterocycles. The molecule has 2 fully saturated rings. The summed E-state index contributed by atoms with van der Waals surface area (Å²) < 4.78 is 48.0. The highest BCUT2D eigenvalue weighted by Crippen LogP contribution is 2.37. The van der Waals surface area contributed by atoms with Crippen molar-refractivity contribution in [1.82, 2.24) is 39.9 Å². The summed E-state index contributed by atoms with van der Waals surface area (Å²) >= 11 is 0. The summed E-state index contributed by atoms with van der Waals surface area (Å²) in [5.41, 5.74) is 2.02. The molecule has 0 amide bonds. The van der Waals surface area contributed by atoms with Gasteiger partial charge in [-0.3, -0.25) is 9.58 Å². The Balaban J connectivity index is 1.02. The standard InChI is InChI=1S/C27H30F3N8O2/c28-27(29,30)23-9-17(13-31-5-8-39)10-24(36-23)40-21-2-6-37(7-3-21)19-11-20(12-19)38-15-18(14-35-38)25-22-1-4-32-26(22)34-16-33-25/h1,4,9-10,14-16,19,21,31,39H,2-3,5-8,11-13H2,(H,32,33,34). The van der Waals surface area contributed by atoms with Gasteiger partial charge in [0.15, 0.2) is 0 Å². The van der Waals surface area contributed by atoms with Crippen LogP contribution in [0.1, 0.15) is 36.9 Å². The first-order chi connectivity index (χ1) is 19.4. The SMILES string of the molecule is OCCNCc1cc(OC2CCN(C3C[C](n4cc(-c5ncnc6[nH]ccc56)cn4)C3)CC2)nc(C(F)(F)F)c1. The van der Waals surface area contributed by atoms with Crippen molar-refractivity contribution in [2.75, 3.05) is 26.2 Å². The van der Waals surface area contributed by atoms with Gasteiger partial charge in [-0.15, -0.1) is 0 Å². The Labute approximate surface area is 228 Å². The van der Waals surface area contributed by atoms with Crippen LogP contribution >= 0.6 is 0 Å². The van der Waals surface area contributed by atoms with E-state index in [1.165, 1.54) is 6.04 Å². The van der Waals surface area contributed by atoms with E-state index in [0.717, 1.165) is 54.3 Å². The van der Waals surface area contributed by atoms with Crippen LogP contribution in [0.4, 0.5) is 13.2 Å². The smallest absolute Gasteiger partial charge is 0.433 e. The Morgan fingerprint density at radius 3 is 2.75 bits per heavy atom. The largest absolute Gasteiger partial charge is 0.474 e. The molecular formula is C27H30F3N8O2. The average Bonchev–Trinajstić information content (AvgIpc) is 3.58. The highest BCUT2D eigenvalue weighted by molar-refractivity contribution is 5.90. The van der Waals surface area contributed by atoms with Gasteiger partial charge in [-0.2, -0.15) is 18.3 Å². The number of aliphatic hydroxyl groups excluding tert-OH is 1. The first kappa shape index (κ1) is 26.7. The summed E-state index contributed by atoms with van der Waals surface area (Å²) in [5, 5.41) is 17.4. The lowest BCUT2D eigenvalue weighted by molar-refractivity contribution is -0.141. The molecule has 0 unspecified atom stereocenters. The minimum absolute atomic E-state index is 0.0107. The molecule has 1 aliphatic heterocycles. The van der Waals surface area contributed by atoms with E-state index in [-0.39, 0.29) is 25.1 Å². The number of alkyl halides is 3. The molecule has 13 heteroatoms. The number of pyridine rings is 1. The molecule has 2 aliphatic rings. The highest BCUT2D eigenvalue weighted by Gasteiger charge is 2.38. The van der Waals surface area contributed by atoms with Crippen LogP contribution in [-0.2, 0) is 12.7 Å². The Kier molecular flexibility index (Phi) is 7.43. The first-order valence-electron chi connectivity index (χ1n) is 13.4. The number of nitrogens with one attached hydrogen (secondary N) is 2. The lowest BCUT2D eigenvalue weighted by atomic mass is 9.84. The second-order valence-corrected chi connectivity index (χ2v) is 10.2. The van der Waals surface area contributed by atoms with Crippen molar-refractivity contribution in [2.45, 2.75) is 50.6 Å². The third-order valence-electron chi connectivity index (χ3n) is 7.53. The van der Waals surface area contributed by atoms with E-state index in [1.54, 1.807) is 12.4 Å². The van der Waals surface area contributed by atoms with Gasteiger partial charge in [-0.1, -0.05) is 0 Å². The van der Waals surface area contributed by atoms with Crippen LogP contribution in [0.15, 0.2) is 43.1 Å². The van der Waals surface area contributed by atoms with Crippen LogP contribution in [0.25, 0.3) is 22.3 Å². The number of hydrogen-bond donors (Lipinski definition) is 3. The molecule has 4 aromatic rings. The average molecular weight is 556 g/mol. The van der Waals surface area contributed by atoms with Crippen LogP contribution in [-0.4, -0.2) is 78.1 Å². The van der Waals surface area contributed by atoms with E-state index < -0.39 is 11.9 Å². The van der Waals surface area contributed by atoms with Crippen LogP contribution < -0.4 is 10.1 Å². The van der Waals surface area contributed by atoms with Crippen molar-refractivity contribution in [1.29, 1.82) is 0 Å². The number of H-pyrrole nitrogens is 1. The number of likely N-dealkylation sites (tertiary alicyclic amines) is 1. The zero-order chi connectivity index (χ0) is 27.7. The summed E-state index contributed by atoms with van der Waals surface area (Å²) in [6.45, 7) is 2.00. The number of aliphatic hydroxyl groups is 1. The second kappa shape index (κ2) is 11.1. The Bertz CT molecular complexity index is 1440. The molecule has 1 saturated carbocycles. The molecule has 0 atom stereocenters. The maximum Gasteiger partial charge on any atom is 0.433 e. The van der Waals surface area contributed by atoms with Crippen molar-refractivity contribution in [3.8, 4) is 17.1 Å². The van der Waals surface area contributed by atoms with Crippen molar-refractivity contribution in [2.24, 2.45) is 0 Å². The van der Waals surface area contributed by atoms with Gasteiger partial charge in [0.25, 0.3) is 0 Å². The van der Waals surface area contributed by atoms with E-state index in [4.69, 9.17) is 9.84 Å². The lowest BCUT2D eigenvalue weighted by Crippen LogP contribution is -2.50. The van der Waals surface area contributed by atoms with Gasteiger partial charge in [0.05, 0.1) is 24.5 Å². The molecule has 1 saturated heterocycles. The zero-order valence-corrected chi connectivity index (χ0v) is 21.7. The number of aromatic nitrogens is 6. The molecule has 0 aromatic carbocycles. The van der Waals surface area contributed by atoms with Gasteiger partial charge in [0, 0.05) is 61.6 Å². The van der Waals surface area contributed by atoms with E-state index in [9.17, 15) is 13.2 Å². The van der Waals surface area contributed by atoms with Crippen LogP contribution in [0.3, 0.4) is 0 Å². The number of hydrogen-bond acceptors (Lipinski definition) is 8. The number of nitrogens with zero attached hydrogens (tertiary/aromatic N) is 6. The van der Waals surface area contributed by atoms with Crippen LogP contribution in [0, 0.1) is 6.04 Å². The van der Waals surface area contributed by atoms with E-state index in [1.807, 2.05) is 29.3 Å². The minimum Gasteiger partial charge on any atom is -0.474 e. The van der Waals surface area contributed by atoms with Crippen LogP contribution in [0.5, 0.6) is 5.88 Å². The zero-order valence-electron chi connectivity index (χ0n) is 21.7.